The number of hydrogen-bond acceptors (Lipinski definition) is 2. The number of rotatable bonds is 2. The zero-order valence-corrected chi connectivity index (χ0v) is 4.49. The first-order chi connectivity index (χ1) is 3.35. The molecule has 0 aromatic rings. The fraction of sp³-hybridized carbons (Fsp3) is 0.400. The molecule has 0 aliphatic rings. The van der Waals surface area contributed by atoms with Gasteiger partial charge in [-0.05, 0) is 6.92 Å². The molecule has 0 atom stereocenters. The highest BCUT2D eigenvalue weighted by atomic mass is 16.1. The molecule has 0 aliphatic heterocycles. The van der Waals surface area contributed by atoms with Gasteiger partial charge >= 0.3 is 0 Å². The van der Waals surface area contributed by atoms with Crippen molar-refractivity contribution in [3.63, 3.8) is 0 Å². The number of likely N-dealkylation sites (N-methyl/N-ethyl adjacent to an activating group) is 1. The van der Waals surface area contributed by atoms with Gasteiger partial charge in [0.05, 0.1) is 5.70 Å². The normalized spacial score (nSPS) is 10.9. The second-order valence-corrected chi connectivity index (χ2v) is 1.05. The third kappa shape index (κ3) is 1.98. The van der Waals surface area contributed by atoms with Gasteiger partial charge in [0.15, 0.2) is 0 Å². The highest BCUT2D eigenvalue weighted by Gasteiger charge is 1.82. The fourth-order valence-electron chi connectivity index (χ4n) is 0.254. The Morgan fingerprint density at radius 2 is 2.43 bits per heavy atom. The molecule has 1 radical (unpaired) electrons. The molecule has 7 heavy (non-hydrogen) atoms. The molecule has 0 rings (SSSR count). The van der Waals surface area contributed by atoms with Crippen LogP contribution in [0.15, 0.2) is 11.8 Å². The SMILES string of the molecule is CC=C([C]=O)NC. The summed E-state index contributed by atoms with van der Waals surface area (Å²) >= 11 is 0. The highest BCUT2D eigenvalue weighted by molar-refractivity contribution is 5.72. The molecule has 1 N–H and O–H groups in total. The summed E-state index contributed by atoms with van der Waals surface area (Å²) in [5.74, 6) is 0. The summed E-state index contributed by atoms with van der Waals surface area (Å²) in [6, 6.07) is 0. The summed E-state index contributed by atoms with van der Waals surface area (Å²) in [4.78, 5) is 9.71. The Kier molecular flexibility index (Phi) is 3.02. The van der Waals surface area contributed by atoms with Crippen LogP contribution in [0.25, 0.3) is 0 Å². The van der Waals surface area contributed by atoms with Gasteiger partial charge in [-0.15, -0.1) is 0 Å². The van der Waals surface area contributed by atoms with Crippen molar-refractivity contribution in [3.05, 3.63) is 11.8 Å². The van der Waals surface area contributed by atoms with Crippen molar-refractivity contribution in [2.24, 2.45) is 0 Å². The molecule has 0 heterocycles. The molecule has 39 valence electrons. The van der Waals surface area contributed by atoms with E-state index >= 15 is 0 Å². The second-order valence-electron chi connectivity index (χ2n) is 1.05. The molecule has 0 amide bonds. The topological polar surface area (TPSA) is 29.1 Å². The Morgan fingerprint density at radius 1 is 1.86 bits per heavy atom. The van der Waals surface area contributed by atoms with Gasteiger partial charge < -0.3 is 5.32 Å². The van der Waals surface area contributed by atoms with E-state index in [-0.39, 0.29) is 0 Å². The number of nitrogens with one attached hydrogen (secondary N) is 1. The molecule has 0 aromatic heterocycles. The van der Waals surface area contributed by atoms with Gasteiger partial charge in [0.2, 0.25) is 6.29 Å². The molecule has 2 nitrogen and oxygen atoms in total. The quantitative estimate of drug-likeness (QED) is 0.500. The smallest absolute Gasteiger partial charge is 0.250 e. The van der Waals surface area contributed by atoms with Gasteiger partial charge in [0.25, 0.3) is 0 Å². The highest BCUT2D eigenvalue weighted by Crippen LogP contribution is 1.75. The molecule has 0 saturated heterocycles. The van der Waals surface area contributed by atoms with Gasteiger partial charge in [0, 0.05) is 7.05 Å². The van der Waals surface area contributed by atoms with E-state index in [1.807, 2.05) is 0 Å². The van der Waals surface area contributed by atoms with E-state index in [0.717, 1.165) is 0 Å². The van der Waals surface area contributed by atoms with Crippen LogP contribution in [0.5, 0.6) is 0 Å². The molecule has 0 saturated carbocycles. The predicted molar refractivity (Wildman–Crippen MR) is 28.5 cm³/mol. The summed E-state index contributed by atoms with van der Waals surface area (Å²) < 4.78 is 0. The molecule has 0 bridgehead atoms. The first-order valence-corrected chi connectivity index (χ1v) is 2.07. The lowest BCUT2D eigenvalue weighted by atomic mass is 10.4. The molecule has 2 heteroatoms. The minimum Gasteiger partial charge on any atom is -0.385 e. The van der Waals surface area contributed by atoms with Crippen LogP contribution in [0.4, 0.5) is 0 Å². The van der Waals surface area contributed by atoms with Crippen LogP contribution in [-0.4, -0.2) is 13.3 Å². The van der Waals surface area contributed by atoms with Gasteiger partial charge in [0.1, 0.15) is 0 Å². The third-order valence-corrected chi connectivity index (χ3v) is 0.668. The van der Waals surface area contributed by atoms with E-state index < -0.39 is 0 Å². The van der Waals surface area contributed by atoms with Crippen LogP contribution < -0.4 is 5.32 Å². The Hall–Kier alpha value is -0.790. The molecule has 0 fully saturated rings. The lowest BCUT2D eigenvalue weighted by molar-refractivity contribution is 0.559. The van der Waals surface area contributed by atoms with Crippen molar-refractivity contribution in [1.82, 2.24) is 5.32 Å². The monoisotopic (exact) mass is 98.1 g/mol. The van der Waals surface area contributed by atoms with Gasteiger partial charge in [-0.1, -0.05) is 6.08 Å². The number of carbonyl (C=O) groups excluding carboxylic acids is 1. The van der Waals surface area contributed by atoms with Crippen LogP contribution >= 0.6 is 0 Å². The second kappa shape index (κ2) is 3.40. The standard InChI is InChI=1S/C5H8NO/c1-3-5(4-7)6-2/h3,6H,1-2H3. The first kappa shape index (κ1) is 6.21. The van der Waals surface area contributed by atoms with E-state index in [0.29, 0.717) is 5.70 Å². The van der Waals surface area contributed by atoms with Crippen LogP contribution in [-0.2, 0) is 4.79 Å². The number of hydrogen-bond donors (Lipinski definition) is 1. The van der Waals surface area contributed by atoms with Crippen LogP contribution in [0, 0.1) is 0 Å². The molecule has 0 aliphatic carbocycles. The summed E-state index contributed by atoms with van der Waals surface area (Å²) in [6.45, 7) is 1.77. The van der Waals surface area contributed by atoms with Crippen molar-refractivity contribution < 1.29 is 4.79 Å². The molecular formula is C5H8NO. The zero-order chi connectivity index (χ0) is 5.70. The Bertz CT molecular complexity index is 86.1. The summed E-state index contributed by atoms with van der Waals surface area (Å²) in [5, 5.41) is 2.64. The Labute approximate surface area is 43.2 Å². The van der Waals surface area contributed by atoms with Crippen LogP contribution in [0.1, 0.15) is 6.92 Å². The zero-order valence-electron chi connectivity index (χ0n) is 4.49. The Morgan fingerprint density at radius 3 is 2.43 bits per heavy atom. The molecule has 0 unspecified atom stereocenters. The maximum Gasteiger partial charge on any atom is 0.250 e. The molecular weight excluding hydrogens is 90.1 g/mol. The van der Waals surface area contributed by atoms with E-state index in [4.69, 9.17) is 0 Å². The number of allylic oxidation sites excluding steroid dienone is 2. The fourth-order valence-corrected chi connectivity index (χ4v) is 0.254. The minimum absolute atomic E-state index is 0.500. The van der Waals surface area contributed by atoms with E-state index in [9.17, 15) is 4.79 Å². The summed E-state index contributed by atoms with van der Waals surface area (Å²) in [6.07, 6.45) is 3.36. The van der Waals surface area contributed by atoms with E-state index in [2.05, 4.69) is 5.32 Å². The van der Waals surface area contributed by atoms with Crippen molar-refractivity contribution in [2.45, 2.75) is 6.92 Å². The van der Waals surface area contributed by atoms with E-state index in [1.165, 1.54) is 0 Å². The van der Waals surface area contributed by atoms with E-state index in [1.54, 1.807) is 26.3 Å². The van der Waals surface area contributed by atoms with Crippen LogP contribution in [0.3, 0.4) is 0 Å². The summed E-state index contributed by atoms with van der Waals surface area (Å²) in [5.41, 5.74) is 0.500. The average Bonchev–Trinajstić information content (AvgIpc) is 1.72. The molecule has 0 aromatic carbocycles. The largest absolute Gasteiger partial charge is 0.385 e. The minimum atomic E-state index is 0.500. The van der Waals surface area contributed by atoms with Crippen molar-refractivity contribution in [3.8, 4) is 0 Å². The maximum absolute atomic E-state index is 9.71. The lowest BCUT2D eigenvalue weighted by Gasteiger charge is -1.88. The first-order valence-electron chi connectivity index (χ1n) is 2.07. The van der Waals surface area contributed by atoms with Gasteiger partial charge in [-0.25, -0.2) is 0 Å². The van der Waals surface area contributed by atoms with Gasteiger partial charge in [-0.2, -0.15) is 0 Å². The van der Waals surface area contributed by atoms with Crippen LogP contribution in [0.2, 0.25) is 0 Å². The van der Waals surface area contributed by atoms with Crippen molar-refractivity contribution >= 4 is 6.29 Å². The lowest BCUT2D eigenvalue weighted by Crippen LogP contribution is -2.05. The molecule has 0 spiro atoms. The average molecular weight is 98.1 g/mol. The predicted octanol–water partition coefficient (Wildman–Crippen LogP) is 0.219. The summed E-state index contributed by atoms with van der Waals surface area (Å²) in [7, 11) is 1.68. The Balaban J connectivity index is 3.60. The maximum atomic E-state index is 9.71. The van der Waals surface area contributed by atoms with Crippen molar-refractivity contribution in [2.75, 3.05) is 7.05 Å². The van der Waals surface area contributed by atoms with Gasteiger partial charge in [-0.3, -0.25) is 4.79 Å². The van der Waals surface area contributed by atoms with Crippen molar-refractivity contribution in [1.29, 1.82) is 0 Å². The third-order valence-electron chi connectivity index (χ3n) is 0.668.